The third-order valence-electron chi connectivity index (χ3n) is 8.77. The van der Waals surface area contributed by atoms with E-state index in [4.69, 9.17) is 0 Å². The molecule has 0 amide bonds. The minimum atomic E-state index is -0.286. The van der Waals surface area contributed by atoms with Gasteiger partial charge in [0.05, 0.1) is 0 Å². The van der Waals surface area contributed by atoms with Gasteiger partial charge in [0.1, 0.15) is 11.5 Å². The van der Waals surface area contributed by atoms with Gasteiger partial charge in [-0.15, -0.1) is 24.3 Å². The molecule has 0 atom stereocenters. The Hall–Kier alpha value is -4.16. The first kappa shape index (κ1) is 47.0. The summed E-state index contributed by atoms with van der Waals surface area (Å²) in [5.74, 6) is 0.570. The molecule has 0 heterocycles. The van der Waals surface area contributed by atoms with Gasteiger partial charge in [0, 0.05) is 68.6 Å². The molecule has 6 aromatic rings. The quantitative estimate of drug-likeness (QED) is 0.129. The molecule has 0 aliphatic heterocycles. The zero-order chi connectivity index (χ0) is 39.7. The molecule has 4 nitrogen and oxygen atoms in total. The maximum Gasteiger partial charge on any atom is 2.00 e. The van der Waals surface area contributed by atoms with Crippen molar-refractivity contribution in [2.45, 2.75) is 38.5 Å². The van der Waals surface area contributed by atoms with Crippen LogP contribution in [-0.2, 0) is 37.0 Å². The molecule has 6 aromatic carbocycles. The Morgan fingerprint density at radius 3 is 1.00 bits per heavy atom. The summed E-state index contributed by atoms with van der Waals surface area (Å²) in [5, 5.41) is 21.1. The summed E-state index contributed by atoms with van der Waals surface area (Å²) in [6, 6.07) is 47.8. The van der Waals surface area contributed by atoms with Crippen LogP contribution in [0.25, 0.3) is 0 Å². The van der Waals surface area contributed by atoms with Crippen LogP contribution in [0.1, 0.15) is 72.2 Å². The van der Waals surface area contributed by atoms with E-state index in [0.717, 1.165) is 53.5 Å². The molecule has 0 bridgehead atoms. The number of aromatic hydroxyl groups is 2. The Kier molecular flexibility index (Phi) is 19.7. The van der Waals surface area contributed by atoms with Gasteiger partial charge in [0.25, 0.3) is 0 Å². The Labute approximate surface area is 364 Å². The van der Waals surface area contributed by atoms with Crippen LogP contribution in [-0.4, -0.2) is 36.7 Å². The number of phenols is 2. The van der Waals surface area contributed by atoms with Gasteiger partial charge in [-0.3, -0.25) is 9.98 Å². The summed E-state index contributed by atoms with van der Waals surface area (Å²) in [5.41, 5.74) is 7.10. The molecule has 0 unspecified atom stereocenters. The van der Waals surface area contributed by atoms with E-state index >= 15 is 0 Å². The fraction of sp³-hybridized carbons (Fsp3) is 0.167. The minimum Gasteiger partial charge on any atom is -0.507 e. The first-order valence-electron chi connectivity index (χ1n) is 17.5. The van der Waals surface area contributed by atoms with E-state index < -0.39 is 0 Å². The molecule has 0 spiro atoms. The van der Waals surface area contributed by atoms with Crippen molar-refractivity contribution in [1.29, 1.82) is 0 Å². The van der Waals surface area contributed by atoms with Gasteiger partial charge in [-0.25, -0.2) is 0 Å². The summed E-state index contributed by atoms with van der Waals surface area (Å²) >= 11 is 7.02. The smallest absolute Gasteiger partial charge is 0.507 e. The SMILES string of the molecule is CN=Cc1cc(Br)cc(C(C)(C)c2ccccc2)c1O.CN=Cc1cc(Br)cc(C(C)(C)c2ccccc2)c1O.[CH2-]c1ccccc1.[CH2-]c1ccccc1.[Zr+2]. The van der Waals surface area contributed by atoms with Crippen LogP contribution < -0.4 is 0 Å². The number of rotatable bonds is 6. The van der Waals surface area contributed by atoms with Gasteiger partial charge in [-0.05, 0) is 35.4 Å². The summed E-state index contributed by atoms with van der Waals surface area (Å²) in [7, 11) is 3.39. The van der Waals surface area contributed by atoms with E-state index in [1.807, 2.05) is 121 Å². The number of hydrogen-bond acceptors (Lipinski definition) is 4. The molecule has 0 aliphatic carbocycles. The molecule has 0 fully saturated rings. The van der Waals surface area contributed by atoms with E-state index in [2.05, 4.69) is 108 Å². The van der Waals surface area contributed by atoms with Crippen molar-refractivity contribution in [3.8, 4) is 11.5 Å². The Morgan fingerprint density at radius 2 is 0.764 bits per heavy atom. The van der Waals surface area contributed by atoms with Crippen LogP contribution in [0.5, 0.6) is 11.5 Å². The fourth-order valence-electron chi connectivity index (χ4n) is 5.65. The Morgan fingerprint density at radius 1 is 0.491 bits per heavy atom. The van der Waals surface area contributed by atoms with Crippen LogP contribution in [0.4, 0.5) is 0 Å². The number of halogens is 2. The largest absolute Gasteiger partial charge is 2.00 e. The molecule has 7 heteroatoms. The van der Waals surface area contributed by atoms with Crippen molar-refractivity contribution in [2.75, 3.05) is 14.1 Å². The van der Waals surface area contributed by atoms with Gasteiger partial charge >= 0.3 is 26.2 Å². The predicted molar refractivity (Wildman–Crippen MR) is 238 cm³/mol. The third kappa shape index (κ3) is 14.1. The summed E-state index contributed by atoms with van der Waals surface area (Å²) in [4.78, 5) is 8.00. The number of aliphatic imine (C=N–C) groups is 2. The van der Waals surface area contributed by atoms with Crippen LogP contribution in [0.3, 0.4) is 0 Å². The van der Waals surface area contributed by atoms with Gasteiger partial charge in [-0.2, -0.15) is 49.2 Å². The topological polar surface area (TPSA) is 65.2 Å². The zero-order valence-corrected chi connectivity index (χ0v) is 38.1. The second kappa shape index (κ2) is 23.0. The Bertz CT molecular complexity index is 1930. The van der Waals surface area contributed by atoms with Gasteiger partial charge in [0.15, 0.2) is 0 Å². The number of hydrogen-bond donors (Lipinski definition) is 2. The zero-order valence-electron chi connectivity index (χ0n) is 32.5. The molecule has 2 N–H and O–H groups in total. The first-order chi connectivity index (χ1) is 25.7. The van der Waals surface area contributed by atoms with Gasteiger partial charge < -0.3 is 10.2 Å². The van der Waals surface area contributed by atoms with Gasteiger partial charge in [0.2, 0.25) is 0 Å². The van der Waals surface area contributed by atoms with Crippen LogP contribution in [0, 0.1) is 13.8 Å². The Balaban J connectivity index is 0.000000278. The molecule has 0 aliphatic rings. The minimum absolute atomic E-state index is 0. The first-order valence-corrected chi connectivity index (χ1v) is 19.1. The van der Waals surface area contributed by atoms with Crippen LogP contribution in [0.15, 0.2) is 165 Å². The molecule has 0 saturated carbocycles. The predicted octanol–water partition coefficient (Wildman–Crippen LogP) is 12.8. The molecule has 0 saturated heterocycles. The monoisotopic (exact) mass is 934 g/mol. The second-order valence-corrected chi connectivity index (χ2v) is 15.3. The van der Waals surface area contributed by atoms with Crippen LogP contribution >= 0.6 is 31.9 Å². The molecule has 6 rings (SSSR count). The van der Waals surface area contributed by atoms with E-state index in [0.29, 0.717) is 0 Å². The molecular formula is C48H50Br2N2O2Zr. The number of nitrogens with zero attached hydrogens (tertiary/aromatic N) is 2. The van der Waals surface area contributed by atoms with E-state index in [1.165, 1.54) is 0 Å². The maximum atomic E-state index is 10.5. The van der Waals surface area contributed by atoms with Crippen molar-refractivity contribution in [3.63, 3.8) is 0 Å². The molecule has 282 valence electrons. The van der Waals surface area contributed by atoms with Gasteiger partial charge in [-0.1, -0.05) is 132 Å². The third-order valence-corrected chi connectivity index (χ3v) is 9.68. The molecular weight excluding hydrogens is 888 g/mol. The standard InChI is InChI=1S/2C17H18BrNO.2C7H7.Zr/c2*1-17(2,13-7-5-4-6-8-13)15-10-14(18)9-12(11-19-3)16(15)20;2*1-7-5-3-2-4-6-7;/h2*4-11,20H,1-3H3;2*2-6H,1H2;/q;;2*-1;+2. The number of phenolic OH excluding ortho intramolecular Hbond substituents is 2. The fourth-order valence-corrected chi connectivity index (χ4v) is 6.60. The average molecular weight is 938 g/mol. The van der Waals surface area contributed by atoms with E-state index in [-0.39, 0.29) is 48.5 Å². The second-order valence-electron chi connectivity index (χ2n) is 13.5. The van der Waals surface area contributed by atoms with Crippen molar-refractivity contribution in [3.05, 3.63) is 213 Å². The molecule has 55 heavy (non-hydrogen) atoms. The molecule has 0 radical (unpaired) electrons. The summed E-state index contributed by atoms with van der Waals surface area (Å²) in [6.45, 7) is 15.9. The average Bonchev–Trinajstić information content (AvgIpc) is 3.16. The summed E-state index contributed by atoms with van der Waals surface area (Å²) < 4.78 is 1.87. The van der Waals surface area contributed by atoms with Crippen molar-refractivity contribution >= 4 is 44.3 Å². The van der Waals surface area contributed by atoms with E-state index in [1.54, 1.807) is 26.5 Å². The molecule has 0 aromatic heterocycles. The van der Waals surface area contributed by atoms with Crippen LogP contribution in [0.2, 0.25) is 0 Å². The summed E-state index contributed by atoms with van der Waals surface area (Å²) in [6.07, 6.45) is 3.34. The number of benzene rings is 6. The normalized spacial score (nSPS) is 10.9. The van der Waals surface area contributed by atoms with Crippen molar-refractivity contribution in [2.24, 2.45) is 9.98 Å². The van der Waals surface area contributed by atoms with Crippen molar-refractivity contribution < 1.29 is 36.4 Å². The van der Waals surface area contributed by atoms with Crippen molar-refractivity contribution in [1.82, 2.24) is 0 Å². The maximum absolute atomic E-state index is 10.5. The van der Waals surface area contributed by atoms with E-state index in [9.17, 15) is 10.2 Å².